The summed E-state index contributed by atoms with van der Waals surface area (Å²) in [6.07, 6.45) is 4.58. The number of rotatable bonds is 6. The fourth-order valence-electron chi connectivity index (χ4n) is 5.67. The fraction of sp³-hybridized carbons (Fsp3) is 0.556. The van der Waals surface area contributed by atoms with Crippen LogP contribution in [0, 0.1) is 0 Å². The second kappa shape index (κ2) is 10.3. The second-order valence-corrected chi connectivity index (χ2v) is 10.2. The molecule has 9 heteroatoms. The smallest absolute Gasteiger partial charge is 0.382 e. The molecule has 0 spiro atoms. The van der Waals surface area contributed by atoms with Gasteiger partial charge in [0.1, 0.15) is 6.54 Å². The minimum Gasteiger partial charge on any atom is -0.382 e. The summed E-state index contributed by atoms with van der Waals surface area (Å²) in [5.41, 5.74) is 5.11. The lowest BCUT2D eigenvalue weighted by Crippen LogP contribution is -2.36. The number of aromatic nitrogens is 2. The largest absolute Gasteiger partial charge is 0.405 e. The fourth-order valence-corrected chi connectivity index (χ4v) is 5.67. The Kier molecular flexibility index (Phi) is 7.10. The molecular formula is C27H35F3N6. The molecule has 0 saturated carbocycles. The van der Waals surface area contributed by atoms with E-state index in [0.29, 0.717) is 29.8 Å². The van der Waals surface area contributed by atoms with Crippen molar-refractivity contribution in [3.8, 4) is 0 Å². The maximum absolute atomic E-state index is 13.8. The van der Waals surface area contributed by atoms with Crippen molar-refractivity contribution >= 4 is 22.9 Å². The molecule has 1 aromatic carbocycles. The van der Waals surface area contributed by atoms with Gasteiger partial charge in [-0.3, -0.25) is 0 Å². The Hall–Kier alpha value is -2.81. The summed E-state index contributed by atoms with van der Waals surface area (Å²) in [6, 6.07) is 7.39. The standard InChI is InChI=1S/C27H35F3N6/c1-31-26-33-22(18-7-4-3-5-8-18)16-23(34-26)25-15-20-21(32-19-11-13-35(2)14-12-19)9-6-10-24(20)36(25)17-27(28,29)30/h6-7,9-10,16,19,25,32H,3-5,8,11-15,17H2,1-2H3,(H,31,33,34). The number of alkyl halides is 3. The molecule has 0 radical (unpaired) electrons. The highest BCUT2D eigenvalue weighted by Gasteiger charge is 2.41. The van der Waals surface area contributed by atoms with Gasteiger partial charge in [-0.1, -0.05) is 12.1 Å². The Labute approximate surface area is 211 Å². The quantitative estimate of drug-likeness (QED) is 0.535. The van der Waals surface area contributed by atoms with Gasteiger partial charge in [0.15, 0.2) is 0 Å². The van der Waals surface area contributed by atoms with Crippen LogP contribution >= 0.6 is 0 Å². The summed E-state index contributed by atoms with van der Waals surface area (Å²) < 4.78 is 41.4. The summed E-state index contributed by atoms with van der Waals surface area (Å²) in [6.45, 7) is 1.02. The molecular weight excluding hydrogens is 465 g/mol. The van der Waals surface area contributed by atoms with Crippen LogP contribution in [-0.2, 0) is 6.42 Å². The first kappa shape index (κ1) is 24.9. The molecule has 2 N–H and O–H groups in total. The van der Waals surface area contributed by atoms with Gasteiger partial charge in [-0.2, -0.15) is 13.2 Å². The zero-order chi connectivity index (χ0) is 25.3. The van der Waals surface area contributed by atoms with Crippen molar-refractivity contribution in [2.75, 3.05) is 49.3 Å². The van der Waals surface area contributed by atoms with Gasteiger partial charge < -0.3 is 20.4 Å². The van der Waals surface area contributed by atoms with Gasteiger partial charge in [0, 0.05) is 36.4 Å². The van der Waals surface area contributed by atoms with Gasteiger partial charge in [0.05, 0.1) is 17.4 Å². The third kappa shape index (κ3) is 5.45. The molecule has 6 nitrogen and oxygen atoms in total. The number of fused-ring (bicyclic) bond motifs is 1. The van der Waals surface area contributed by atoms with Crippen LogP contribution < -0.4 is 15.5 Å². The molecule has 0 bridgehead atoms. The number of anilines is 3. The number of hydrogen-bond acceptors (Lipinski definition) is 6. The van der Waals surface area contributed by atoms with Gasteiger partial charge in [-0.05, 0) is 82.4 Å². The SMILES string of the molecule is CNc1nc(C2=CCCCC2)cc(C2Cc3c(NC4CCN(C)CC4)cccc3N2CC(F)(F)F)n1. The van der Waals surface area contributed by atoms with Crippen molar-refractivity contribution in [1.29, 1.82) is 0 Å². The number of benzene rings is 1. The topological polar surface area (TPSA) is 56.3 Å². The highest BCUT2D eigenvalue weighted by Crippen LogP contribution is 2.45. The molecule has 2 aromatic rings. The average molecular weight is 501 g/mol. The molecule has 1 saturated heterocycles. The van der Waals surface area contributed by atoms with E-state index in [1.54, 1.807) is 7.05 Å². The van der Waals surface area contributed by atoms with Crippen LogP contribution in [0.2, 0.25) is 0 Å². The molecule has 1 aliphatic carbocycles. The van der Waals surface area contributed by atoms with Crippen LogP contribution in [0.3, 0.4) is 0 Å². The summed E-state index contributed by atoms with van der Waals surface area (Å²) >= 11 is 0. The lowest BCUT2D eigenvalue weighted by Gasteiger charge is -2.31. The predicted octanol–water partition coefficient (Wildman–Crippen LogP) is 5.65. The maximum Gasteiger partial charge on any atom is 0.405 e. The molecule has 1 fully saturated rings. The van der Waals surface area contributed by atoms with E-state index in [2.05, 4.69) is 38.6 Å². The number of nitrogens with zero attached hydrogens (tertiary/aromatic N) is 4. The van der Waals surface area contributed by atoms with Crippen LogP contribution in [0.5, 0.6) is 0 Å². The number of halogens is 3. The van der Waals surface area contributed by atoms with Gasteiger partial charge in [-0.25, -0.2) is 9.97 Å². The van der Waals surface area contributed by atoms with Crippen LogP contribution in [0.4, 0.5) is 30.5 Å². The van der Waals surface area contributed by atoms with Gasteiger partial charge in [-0.15, -0.1) is 0 Å². The summed E-state index contributed by atoms with van der Waals surface area (Å²) in [5, 5.41) is 6.67. The minimum atomic E-state index is -4.33. The molecule has 3 heterocycles. The highest BCUT2D eigenvalue weighted by atomic mass is 19.4. The lowest BCUT2D eigenvalue weighted by molar-refractivity contribution is -0.120. The third-order valence-electron chi connectivity index (χ3n) is 7.59. The zero-order valence-corrected chi connectivity index (χ0v) is 21.0. The normalized spacial score (nSPS) is 21.3. The van der Waals surface area contributed by atoms with Crippen molar-refractivity contribution in [3.05, 3.63) is 47.3 Å². The second-order valence-electron chi connectivity index (χ2n) is 10.2. The number of piperidine rings is 1. The molecule has 1 unspecified atom stereocenters. The first-order chi connectivity index (χ1) is 17.3. The number of nitrogens with one attached hydrogen (secondary N) is 2. The van der Waals surface area contributed by atoms with Gasteiger partial charge in [0.2, 0.25) is 5.95 Å². The molecule has 36 heavy (non-hydrogen) atoms. The van der Waals surface area contributed by atoms with E-state index in [1.165, 1.54) is 4.90 Å². The number of allylic oxidation sites excluding steroid dienone is 2. The van der Waals surface area contributed by atoms with Crippen molar-refractivity contribution in [2.24, 2.45) is 0 Å². The molecule has 5 rings (SSSR count). The van der Waals surface area contributed by atoms with Crippen molar-refractivity contribution in [1.82, 2.24) is 14.9 Å². The maximum atomic E-state index is 13.8. The van der Waals surface area contributed by atoms with Crippen LogP contribution in [-0.4, -0.2) is 60.8 Å². The van der Waals surface area contributed by atoms with Gasteiger partial charge >= 0.3 is 6.18 Å². The first-order valence-electron chi connectivity index (χ1n) is 13.0. The van der Waals surface area contributed by atoms with E-state index in [0.717, 1.165) is 74.1 Å². The van der Waals surface area contributed by atoms with E-state index in [-0.39, 0.29) is 0 Å². The van der Waals surface area contributed by atoms with Crippen LogP contribution in [0.25, 0.3) is 5.57 Å². The first-order valence-corrected chi connectivity index (χ1v) is 13.0. The van der Waals surface area contributed by atoms with E-state index in [1.807, 2.05) is 24.3 Å². The number of likely N-dealkylation sites (tertiary alicyclic amines) is 1. The van der Waals surface area contributed by atoms with E-state index < -0.39 is 18.8 Å². The van der Waals surface area contributed by atoms with Crippen LogP contribution in [0.1, 0.15) is 61.5 Å². The molecule has 0 amide bonds. The summed E-state index contributed by atoms with van der Waals surface area (Å²) in [4.78, 5) is 13.1. The Balaban J connectivity index is 1.50. The molecule has 194 valence electrons. The van der Waals surface area contributed by atoms with Gasteiger partial charge in [0.25, 0.3) is 0 Å². The van der Waals surface area contributed by atoms with E-state index in [9.17, 15) is 13.2 Å². The Morgan fingerprint density at radius 3 is 2.61 bits per heavy atom. The minimum absolute atomic E-state index is 0.322. The zero-order valence-electron chi connectivity index (χ0n) is 21.0. The summed E-state index contributed by atoms with van der Waals surface area (Å²) in [5.74, 6) is 0.446. The lowest BCUT2D eigenvalue weighted by atomic mass is 9.96. The molecule has 3 aliphatic rings. The monoisotopic (exact) mass is 500 g/mol. The Bertz CT molecular complexity index is 1110. The van der Waals surface area contributed by atoms with Crippen molar-refractivity contribution in [2.45, 2.75) is 63.2 Å². The van der Waals surface area contributed by atoms with Crippen molar-refractivity contribution in [3.63, 3.8) is 0 Å². The van der Waals surface area contributed by atoms with E-state index >= 15 is 0 Å². The highest BCUT2D eigenvalue weighted by molar-refractivity contribution is 5.72. The predicted molar refractivity (Wildman–Crippen MR) is 138 cm³/mol. The molecule has 1 aromatic heterocycles. The van der Waals surface area contributed by atoms with E-state index in [4.69, 9.17) is 0 Å². The Morgan fingerprint density at radius 2 is 1.92 bits per heavy atom. The average Bonchev–Trinajstić information content (AvgIpc) is 3.23. The molecule has 1 atom stereocenters. The number of hydrogen-bond donors (Lipinski definition) is 2. The van der Waals surface area contributed by atoms with Crippen molar-refractivity contribution < 1.29 is 13.2 Å². The summed E-state index contributed by atoms with van der Waals surface area (Å²) in [7, 11) is 3.87. The Morgan fingerprint density at radius 1 is 1.11 bits per heavy atom. The third-order valence-corrected chi connectivity index (χ3v) is 7.59. The molecule has 2 aliphatic heterocycles. The van der Waals surface area contributed by atoms with Crippen LogP contribution in [0.15, 0.2) is 30.3 Å².